The number of halogens is 1. The minimum atomic E-state index is -0.320. The van der Waals surface area contributed by atoms with Crippen LogP contribution in [0.15, 0.2) is 60.8 Å². The van der Waals surface area contributed by atoms with Gasteiger partial charge in [0.1, 0.15) is 11.3 Å². The first kappa shape index (κ1) is 20.7. The lowest BCUT2D eigenvalue weighted by molar-refractivity contribution is 0.376. The molecule has 0 spiro atoms. The molecule has 0 aliphatic carbocycles. The Balaban J connectivity index is 0.00000231. The summed E-state index contributed by atoms with van der Waals surface area (Å²) in [5.41, 5.74) is 2.70. The van der Waals surface area contributed by atoms with Crippen LogP contribution < -0.4 is 16.0 Å². The fourth-order valence-corrected chi connectivity index (χ4v) is 3.78. The van der Waals surface area contributed by atoms with Crippen LogP contribution in [0.1, 0.15) is 26.3 Å². The van der Waals surface area contributed by atoms with Crippen molar-refractivity contribution in [1.82, 2.24) is 24.8 Å². The third-order valence-electron chi connectivity index (χ3n) is 5.26. The molecule has 3 heterocycles. The Morgan fingerprint density at radius 2 is 1.68 bits per heavy atom. The van der Waals surface area contributed by atoms with Crippen LogP contribution in [-0.4, -0.2) is 32.6 Å². The van der Waals surface area contributed by atoms with E-state index in [2.05, 4.69) is 30.5 Å². The van der Waals surface area contributed by atoms with Gasteiger partial charge in [-0.1, -0.05) is 37.8 Å². The third-order valence-corrected chi connectivity index (χ3v) is 5.26. The van der Waals surface area contributed by atoms with Gasteiger partial charge in [-0.05, 0) is 50.2 Å². The van der Waals surface area contributed by atoms with Crippen LogP contribution in [0.5, 0.6) is 0 Å². The summed E-state index contributed by atoms with van der Waals surface area (Å²) in [6.45, 7) is 1.84. The summed E-state index contributed by atoms with van der Waals surface area (Å²) < 4.78 is 16.3. The smallest absolute Gasteiger partial charge is 0.229 e. The lowest BCUT2D eigenvalue weighted by Gasteiger charge is -2.26. The molecule has 7 nitrogen and oxygen atoms in total. The quantitative estimate of drug-likeness (QED) is 0.422. The van der Waals surface area contributed by atoms with Crippen LogP contribution in [0, 0.1) is 5.82 Å². The van der Waals surface area contributed by atoms with E-state index >= 15 is 0 Å². The summed E-state index contributed by atoms with van der Waals surface area (Å²) in [6.07, 6.45) is 3.60. The molecule has 160 valence electrons. The number of hydrogen-bond acceptors (Lipinski definition) is 6. The number of nitrogens with zero attached hydrogens (tertiary/aromatic N) is 4. The predicted molar refractivity (Wildman–Crippen MR) is 123 cm³/mol. The Morgan fingerprint density at radius 1 is 0.935 bits per heavy atom. The van der Waals surface area contributed by atoms with Crippen LogP contribution in [-0.2, 0) is 0 Å². The molecular weight excluding hydrogens is 393 g/mol. The maximum Gasteiger partial charge on any atom is 0.229 e. The average Bonchev–Trinajstić information content (AvgIpc) is 3.14. The van der Waals surface area contributed by atoms with Crippen molar-refractivity contribution in [1.29, 1.82) is 0 Å². The van der Waals surface area contributed by atoms with Gasteiger partial charge in [-0.2, -0.15) is 4.98 Å². The van der Waals surface area contributed by atoms with Crippen molar-refractivity contribution in [2.24, 2.45) is 0 Å². The van der Waals surface area contributed by atoms with Crippen molar-refractivity contribution in [3.63, 3.8) is 0 Å². The molecule has 2 aromatic heterocycles. The zero-order valence-corrected chi connectivity index (χ0v) is 16.3. The molecule has 1 saturated heterocycles. The van der Waals surface area contributed by atoms with Gasteiger partial charge in [0.25, 0.3) is 0 Å². The Morgan fingerprint density at radius 3 is 2.45 bits per heavy atom. The Labute approximate surface area is 180 Å². The topological polar surface area (TPSA) is 79.7 Å². The molecule has 5 rings (SSSR count). The lowest BCUT2D eigenvalue weighted by Crippen LogP contribution is -2.30. The van der Waals surface area contributed by atoms with E-state index in [9.17, 15) is 4.39 Å². The fourth-order valence-electron chi connectivity index (χ4n) is 3.78. The van der Waals surface area contributed by atoms with Gasteiger partial charge < -0.3 is 16.0 Å². The van der Waals surface area contributed by atoms with Crippen molar-refractivity contribution < 1.29 is 4.39 Å². The average molecular weight is 420 g/mol. The second kappa shape index (κ2) is 9.09. The van der Waals surface area contributed by atoms with Gasteiger partial charge in [0.2, 0.25) is 11.9 Å². The maximum atomic E-state index is 14.3. The standard InChI is InChI=1S/C22H22FN7.CH4/c23-17-8-4-5-9-18(17)27-22-28-19-14-25-21(26-15-6-2-1-3-7-15)29-20(19)30(22)16-10-12-24-13-11-16;/h1-9,14,16,24H,10-13H2,(H,27,28)(H,25,26,29);1H4. The first-order valence-corrected chi connectivity index (χ1v) is 10.1. The number of para-hydroxylation sites is 2. The van der Waals surface area contributed by atoms with E-state index in [0.717, 1.165) is 37.3 Å². The van der Waals surface area contributed by atoms with Crippen molar-refractivity contribution in [2.45, 2.75) is 26.3 Å². The summed E-state index contributed by atoms with van der Waals surface area (Å²) in [7, 11) is 0. The zero-order chi connectivity index (χ0) is 20.3. The highest BCUT2D eigenvalue weighted by Crippen LogP contribution is 2.31. The van der Waals surface area contributed by atoms with Crippen molar-refractivity contribution >= 4 is 34.4 Å². The molecule has 1 aliphatic heterocycles. The molecule has 0 amide bonds. The lowest BCUT2D eigenvalue weighted by atomic mass is 10.1. The molecule has 31 heavy (non-hydrogen) atoms. The number of rotatable bonds is 5. The number of piperidine rings is 1. The second-order valence-corrected chi connectivity index (χ2v) is 7.28. The fraction of sp³-hybridized carbons (Fsp3) is 0.261. The summed E-state index contributed by atoms with van der Waals surface area (Å²) in [5.74, 6) is 0.758. The maximum absolute atomic E-state index is 14.3. The monoisotopic (exact) mass is 419 g/mol. The van der Waals surface area contributed by atoms with Crippen LogP contribution in [0.2, 0.25) is 0 Å². The van der Waals surface area contributed by atoms with Crippen molar-refractivity contribution in [3.8, 4) is 0 Å². The largest absolute Gasteiger partial charge is 0.324 e. The van der Waals surface area contributed by atoms with E-state index in [1.165, 1.54) is 6.07 Å². The molecule has 0 unspecified atom stereocenters. The minimum absolute atomic E-state index is 0. The summed E-state index contributed by atoms with van der Waals surface area (Å²) in [6, 6.07) is 16.6. The van der Waals surface area contributed by atoms with Crippen LogP contribution >= 0.6 is 0 Å². The number of benzene rings is 2. The highest BCUT2D eigenvalue weighted by atomic mass is 19.1. The Kier molecular flexibility index (Phi) is 6.08. The van der Waals surface area contributed by atoms with E-state index < -0.39 is 0 Å². The number of nitrogens with one attached hydrogen (secondary N) is 3. The second-order valence-electron chi connectivity index (χ2n) is 7.28. The summed E-state index contributed by atoms with van der Waals surface area (Å²) in [4.78, 5) is 13.9. The highest BCUT2D eigenvalue weighted by Gasteiger charge is 2.23. The third kappa shape index (κ3) is 4.34. The van der Waals surface area contributed by atoms with Gasteiger partial charge in [0, 0.05) is 11.7 Å². The molecule has 0 bridgehead atoms. The minimum Gasteiger partial charge on any atom is -0.324 e. The molecule has 1 fully saturated rings. The predicted octanol–water partition coefficient (Wildman–Crippen LogP) is 5.01. The molecule has 1 aliphatic rings. The SMILES string of the molecule is C.Fc1ccccc1Nc1nc2cnc(Nc3ccccc3)nc2n1C1CCNCC1. The number of imidazole rings is 1. The Hall–Kier alpha value is -3.52. The van der Waals surface area contributed by atoms with Gasteiger partial charge >= 0.3 is 0 Å². The molecule has 4 aromatic rings. The first-order valence-electron chi connectivity index (χ1n) is 10.1. The van der Waals surface area contributed by atoms with Gasteiger partial charge in [-0.25, -0.2) is 14.4 Å². The number of anilines is 4. The first-order chi connectivity index (χ1) is 14.8. The van der Waals surface area contributed by atoms with E-state index in [4.69, 9.17) is 4.98 Å². The van der Waals surface area contributed by atoms with Crippen molar-refractivity contribution in [3.05, 3.63) is 66.6 Å². The van der Waals surface area contributed by atoms with Crippen LogP contribution in [0.3, 0.4) is 0 Å². The number of fused-ring (bicyclic) bond motifs is 1. The van der Waals surface area contributed by atoms with E-state index in [1.807, 2.05) is 30.3 Å². The molecule has 0 radical (unpaired) electrons. The van der Waals surface area contributed by atoms with Crippen molar-refractivity contribution in [2.75, 3.05) is 23.7 Å². The molecule has 0 saturated carbocycles. The summed E-state index contributed by atoms with van der Waals surface area (Å²) in [5, 5.41) is 9.79. The molecule has 8 heteroatoms. The van der Waals surface area contributed by atoms with Gasteiger partial charge in [0.15, 0.2) is 5.65 Å². The molecular formula is C23H26FN7. The van der Waals surface area contributed by atoms with Crippen LogP contribution in [0.25, 0.3) is 11.2 Å². The van der Waals surface area contributed by atoms with E-state index in [-0.39, 0.29) is 19.3 Å². The number of hydrogen-bond donors (Lipinski definition) is 3. The van der Waals surface area contributed by atoms with Gasteiger partial charge in [-0.3, -0.25) is 4.57 Å². The zero-order valence-electron chi connectivity index (χ0n) is 16.3. The summed E-state index contributed by atoms with van der Waals surface area (Å²) >= 11 is 0. The molecule has 2 aromatic carbocycles. The van der Waals surface area contributed by atoms with Gasteiger partial charge in [-0.15, -0.1) is 0 Å². The van der Waals surface area contributed by atoms with Gasteiger partial charge in [0.05, 0.1) is 11.9 Å². The molecule has 3 N–H and O–H groups in total. The van der Waals surface area contributed by atoms with Crippen LogP contribution in [0.4, 0.5) is 27.7 Å². The van der Waals surface area contributed by atoms with E-state index in [0.29, 0.717) is 23.1 Å². The number of aromatic nitrogens is 4. The highest BCUT2D eigenvalue weighted by molar-refractivity contribution is 5.77. The normalized spacial score (nSPS) is 14.2. The molecule has 0 atom stereocenters. The van der Waals surface area contributed by atoms with E-state index in [1.54, 1.807) is 24.4 Å². The Bertz CT molecular complexity index is 1150.